The van der Waals surface area contributed by atoms with E-state index in [-0.39, 0.29) is 0 Å². The maximum atomic E-state index is 6.59. The molecule has 0 spiro atoms. The van der Waals surface area contributed by atoms with Crippen LogP contribution in [0.5, 0.6) is 11.5 Å². The summed E-state index contributed by atoms with van der Waals surface area (Å²) in [5.74, 6) is 2.39. The minimum Gasteiger partial charge on any atom is -0.456 e. The lowest BCUT2D eigenvalue weighted by molar-refractivity contribution is 0.483. The van der Waals surface area contributed by atoms with Gasteiger partial charge in [-0.05, 0) is 84.3 Å². The van der Waals surface area contributed by atoms with Gasteiger partial charge in [-0.2, -0.15) is 9.13 Å². The first-order valence-electron chi connectivity index (χ1n) is 16.1. The van der Waals surface area contributed by atoms with E-state index in [2.05, 4.69) is 166 Å². The molecule has 6 aromatic carbocycles. The second-order valence-corrected chi connectivity index (χ2v) is 12.0. The summed E-state index contributed by atoms with van der Waals surface area (Å²) in [6.45, 7) is 2.15. The third-order valence-electron chi connectivity index (χ3n) is 9.07. The Morgan fingerprint density at radius 2 is 1.19 bits per heavy atom. The fraction of sp³-hybridized carbons (Fsp3) is 0.0233. The number of benzene rings is 6. The van der Waals surface area contributed by atoms with E-state index in [1.807, 2.05) is 24.4 Å². The van der Waals surface area contributed by atoms with Gasteiger partial charge in [0.05, 0.1) is 11.0 Å². The molecular weight excluding hydrogens is 589 g/mol. The van der Waals surface area contributed by atoms with Crippen molar-refractivity contribution in [1.29, 1.82) is 0 Å². The average Bonchev–Trinajstić information content (AvgIpc) is 3.69. The van der Waals surface area contributed by atoms with Crippen LogP contribution < -0.4 is 4.74 Å². The van der Waals surface area contributed by atoms with Crippen molar-refractivity contribution in [3.8, 4) is 39.8 Å². The zero-order valence-corrected chi connectivity index (χ0v) is 26.4. The molecule has 9 aromatic rings. The smallest absolute Gasteiger partial charge is 0.168 e. The van der Waals surface area contributed by atoms with E-state index in [9.17, 15) is 0 Å². The Hall–Kier alpha value is -6.46. The summed E-state index contributed by atoms with van der Waals surface area (Å²) in [7, 11) is 0. The van der Waals surface area contributed by atoms with Crippen molar-refractivity contribution in [2.24, 2.45) is 0 Å². The third kappa shape index (κ3) is 4.72. The summed E-state index contributed by atoms with van der Waals surface area (Å²) in [6, 6.07) is 54.7. The molecule has 0 radical (unpaired) electrons. The predicted octanol–water partition coefficient (Wildman–Crippen LogP) is 11.0. The van der Waals surface area contributed by atoms with Crippen molar-refractivity contribution in [2.45, 2.75) is 6.92 Å². The lowest BCUT2D eigenvalue weighted by Crippen LogP contribution is -1.98. The molecule has 228 valence electrons. The second kappa shape index (κ2) is 11.4. The van der Waals surface area contributed by atoms with Gasteiger partial charge in [0.25, 0.3) is 0 Å². The monoisotopic (exact) mass is 619 g/mol. The van der Waals surface area contributed by atoms with Crippen molar-refractivity contribution in [1.82, 2.24) is 18.7 Å². The molecular formula is C43H31N4O+. The molecule has 9 rings (SSSR count). The van der Waals surface area contributed by atoms with E-state index in [0.29, 0.717) is 0 Å². The van der Waals surface area contributed by atoms with E-state index in [4.69, 9.17) is 9.72 Å². The number of hydrogen-bond acceptors (Lipinski definition) is 2. The van der Waals surface area contributed by atoms with Crippen LogP contribution in [0.4, 0.5) is 0 Å². The summed E-state index contributed by atoms with van der Waals surface area (Å²) in [4.78, 5) is 4.86. The van der Waals surface area contributed by atoms with E-state index in [0.717, 1.165) is 61.7 Å². The number of para-hydroxylation sites is 4. The molecule has 3 aromatic heterocycles. The van der Waals surface area contributed by atoms with Crippen LogP contribution in [-0.4, -0.2) is 18.7 Å². The molecule has 0 N–H and O–H groups in total. The number of nitrogens with zero attached hydrogens (tertiary/aromatic N) is 4. The van der Waals surface area contributed by atoms with Crippen LogP contribution in [0.3, 0.4) is 0 Å². The lowest BCUT2D eigenvalue weighted by atomic mass is 10.0. The zero-order valence-electron chi connectivity index (χ0n) is 26.4. The summed E-state index contributed by atoms with van der Waals surface area (Å²) >= 11 is 0. The van der Waals surface area contributed by atoms with E-state index in [1.165, 1.54) is 16.5 Å². The number of hydrogen-bond donors (Lipinski definition) is 0. The fourth-order valence-corrected chi connectivity index (χ4v) is 6.81. The average molecular weight is 620 g/mol. The SMILES string of the molecule is Cc1ccccc1-c1ccnc(-n2c3ccccc3c3ccc(Oc4cccc(-n5[cH+]n(-c6ccccc6)c6ccccc65)c4)cc32)c1. The molecule has 48 heavy (non-hydrogen) atoms. The maximum Gasteiger partial charge on any atom is 0.168 e. The quantitative estimate of drug-likeness (QED) is 0.174. The number of ether oxygens (including phenoxy) is 1. The summed E-state index contributed by atoms with van der Waals surface area (Å²) < 4.78 is 13.3. The minimum absolute atomic E-state index is 0.760. The van der Waals surface area contributed by atoms with Crippen LogP contribution in [-0.2, 0) is 0 Å². The highest BCUT2D eigenvalue weighted by molar-refractivity contribution is 6.09. The van der Waals surface area contributed by atoms with Gasteiger partial charge in [0.15, 0.2) is 17.4 Å². The topological polar surface area (TPSA) is 36.9 Å². The molecule has 0 saturated carbocycles. The van der Waals surface area contributed by atoms with Gasteiger partial charge in [-0.25, -0.2) is 4.98 Å². The molecule has 0 atom stereocenters. The van der Waals surface area contributed by atoms with Gasteiger partial charge in [0, 0.05) is 41.2 Å². The Bertz CT molecular complexity index is 2620. The predicted molar refractivity (Wildman–Crippen MR) is 196 cm³/mol. The van der Waals surface area contributed by atoms with Crippen molar-refractivity contribution in [3.05, 3.63) is 176 Å². The minimum atomic E-state index is 0.760. The second-order valence-electron chi connectivity index (χ2n) is 12.0. The number of pyridine rings is 1. The van der Waals surface area contributed by atoms with Crippen LogP contribution in [0.15, 0.2) is 170 Å². The highest BCUT2D eigenvalue weighted by Crippen LogP contribution is 2.36. The molecule has 0 aliphatic heterocycles. The van der Waals surface area contributed by atoms with Gasteiger partial charge in [0.1, 0.15) is 28.7 Å². The van der Waals surface area contributed by atoms with Gasteiger partial charge in [-0.15, -0.1) is 0 Å². The number of aromatic nitrogens is 4. The molecule has 0 saturated heterocycles. The Kier molecular flexibility index (Phi) is 6.61. The van der Waals surface area contributed by atoms with Crippen molar-refractivity contribution >= 4 is 32.8 Å². The summed E-state index contributed by atoms with van der Waals surface area (Å²) in [5.41, 5.74) is 10.1. The molecule has 5 heteroatoms. The Morgan fingerprint density at radius 1 is 0.521 bits per heavy atom. The Morgan fingerprint density at radius 3 is 2.02 bits per heavy atom. The van der Waals surface area contributed by atoms with Crippen LogP contribution in [0, 0.1) is 6.92 Å². The first kappa shape index (κ1) is 27.8. The van der Waals surface area contributed by atoms with Crippen molar-refractivity contribution in [3.63, 3.8) is 0 Å². The summed E-state index contributed by atoms with van der Waals surface area (Å²) in [6.07, 6.45) is 4.04. The van der Waals surface area contributed by atoms with Gasteiger partial charge in [0.2, 0.25) is 0 Å². The van der Waals surface area contributed by atoms with Crippen LogP contribution >= 0.6 is 0 Å². The third-order valence-corrected chi connectivity index (χ3v) is 9.07. The molecule has 0 amide bonds. The molecule has 0 aliphatic rings. The largest absolute Gasteiger partial charge is 0.456 e. The molecule has 0 unspecified atom stereocenters. The number of imidazole rings is 1. The lowest BCUT2D eigenvalue weighted by Gasteiger charge is -2.11. The Balaban J connectivity index is 1.13. The number of aryl methyl sites for hydroxylation is 1. The van der Waals surface area contributed by atoms with Gasteiger partial charge in [-0.3, -0.25) is 4.57 Å². The molecule has 0 fully saturated rings. The fourth-order valence-electron chi connectivity index (χ4n) is 6.81. The van der Waals surface area contributed by atoms with Gasteiger partial charge < -0.3 is 4.74 Å². The van der Waals surface area contributed by atoms with Crippen LogP contribution in [0.25, 0.3) is 61.2 Å². The number of rotatable bonds is 6. The zero-order chi connectivity index (χ0) is 32.0. The molecule has 0 bridgehead atoms. The van der Waals surface area contributed by atoms with Gasteiger partial charge in [-0.1, -0.05) is 72.8 Å². The maximum absolute atomic E-state index is 6.59. The van der Waals surface area contributed by atoms with Crippen LogP contribution in [0.2, 0.25) is 0 Å². The first-order chi connectivity index (χ1) is 23.7. The van der Waals surface area contributed by atoms with E-state index >= 15 is 0 Å². The standard InChI is InChI=1S/C43H31N4O/c1-30-12-5-6-17-36(30)31-24-25-44-43(26-31)47-39-19-8-7-18-37(39)38-23-22-35(28-42(38)47)48-34-16-11-15-33(27-34)46-29-45(32-13-3-2-4-14-32)40-20-9-10-21-41(40)46/h2-29H,1H3/q+1. The van der Waals surface area contributed by atoms with Crippen molar-refractivity contribution in [2.75, 3.05) is 0 Å². The van der Waals surface area contributed by atoms with E-state index < -0.39 is 0 Å². The summed E-state index contributed by atoms with van der Waals surface area (Å²) in [5, 5.41) is 2.33. The number of fused-ring (bicyclic) bond motifs is 4. The normalized spacial score (nSPS) is 11.4. The molecule has 3 heterocycles. The highest BCUT2D eigenvalue weighted by atomic mass is 16.5. The van der Waals surface area contributed by atoms with Crippen LogP contribution in [0.1, 0.15) is 5.56 Å². The highest BCUT2D eigenvalue weighted by Gasteiger charge is 2.18. The van der Waals surface area contributed by atoms with Crippen molar-refractivity contribution < 1.29 is 4.74 Å². The molecule has 0 aliphatic carbocycles. The first-order valence-corrected chi connectivity index (χ1v) is 16.1. The van der Waals surface area contributed by atoms with Gasteiger partial charge >= 0.3 is 0 Å². The molecule has 5 nitrogen and oxygen atoms in total. The Labute approximate surface area is 278 Å². The van der Waals surface area contributed by atoms with E-state index in [1.54, 1.807) is 0 Å².